The Morgan fingerprint density at radius 3 is 2.77 bits per heavy atom. The zero-order valence-electron chi connectivity index (χ0n) is 13.0. The maximum atomic E-state index is 12.1. The van der Waals surface area contributed by atoms with E-state index in [2.05, 4.69) is 5.32 Å². The largest absolute Gasteiger partial charge is 0.497 e. The fourth-order valence-corrected chi connectivity index (χ4v) is 2.06. The monoisotopic (exact) mass is 304 g/mol. The molecule has 0 unspecified atom stereocenters. The molecule has 0 saturated heterocycles. The van der Waals surface area contributed by atoms with Crippen LogP contribution in [0.5, 0.6) is 5.75 Å². The summed E-state index contributed by atoms with van der Waals surface area (Å²) in [7, 11) is 5.47. The number of rotatable bonds is 6. The molecule has 1 heterocycles. The van der Waals surface area contributed by atoms with Crippen LogP contribution in [-0.4, -0.2) is 45.1 Å². The van der Waals surface area contributed by atoms with Crippen molar-refractivity contribution in [1.82, 2.24) is 10.2 Å². The first-order valence-corrected chi connectivity index (χ1v) is 7.06. The lowest BCUT2D eigenvalue weighted by Gasteiger charge is -2.09. The standard InChI is InChI=1S/C16H20N2O4/c1-18(2)8-4-7-17-16(20)15-10-13(19)12-6-5-11(21-3)9-14(12)22-15/h5-6,9-10H,4,7-8H2,1-3H3,(H,17,20). The lowest BCUT2D eigenvalue weighted by atomic mass is 10.2. The predicted octanol–water partition coefficient (Wildman–Crippen LogP) is 1.48. The highest BCUT2D eigenvalue weighted by molar-refractivity contribution is 5.93. The van der Waals surface area contributed by atoms with Crippen LogP contribution in [0.3, 0.4) is 0 Å². The van der Waals surface area contributed by atoms with Gasteiger partial charge in [-0.25, -0.2) is 0 Å². The van der Waals surface area contributed by atoms with Crippen LogP contribution in [0.25, 0.3) is 11.0 Å². The molecule has 0 saturated carbocycles. The molecule has 0 atom stereocenters. The maximum absolute atomic E-state index is 12.1. The number of nitrogens with one attached hydrogen (secondary N) is 1. The van der Waals surface area contributed by atoms with Gasteiger partial charge in [0, 0.05) is 18.7 Å². The molecular formula is C16H20N2O4. The van der Waals surface area contributed by atoms with Gasteiger partial charge in [-0.2, -0.15) is 0 Å². The zero-order valence-corrected chi connectivity index (χ0v) is 13.0. The number of carbonyl (C=O) groups excluding carboxylic acids is 1. The maximum Gasteiger partial charge on any atom is 0.287 e. The quantitative estimate of drug-likeness (QED) is 0.819. The van der Waals surface area contributed by atoms with E-state index >= 15 is 0 Å². The van der Waals surface area contributed by atoms with Gasteiger partial charge in [0.1, 0.15) is 11.3 Å². The van der Waals surface area contributed by atoms with Crippen molar-refractivity contribution in [3.63, 3.8) is 0 Å². The van der Waals surface area contributed by atoms with Gasteiger partial charge in [-0.15, -0.1) is 0 Å². The summed E-state index contributed by atoms with van der Waals surface area (Å²) in [5.74, 6) is 0.190. The van der Waals surface area contributed by atoms with Crippen molar-refractivity contribution in [2.45, 2.75) is 6.42 Å². The lowest BCUT2D eigenvalue weighted by Crippen LogP contribution is -2.27. The molecule has 6 nitrogen and oxygen atoms in total. The molecule has 2 aromatic rings. The molecule has 0 radical (unpaired) electrons. The Morgan fingerprint density at radius 2 is 2.09 bits per heavy atom. The Bertz CT molecular complexity index is 722. The fourth-order valence-electron chi connectivity index (χ4n) is 2.06. The van der Waals surface area contributed by atoms with E-state index in [0.717, 1.165) is 13.0 Å². The van der Waals surface area contributed by atoms with Gasteiger partial charge in [0.05, 0.1) is 12.5 Å². The molecule has 1 amide bonds. The molecule has 0 aliphatic carbocycles. The molecule has 0 spiro atoms. The minimum absolute atomic E-state index is 0.00982. The van der Waals surface area contributed by atoms with Crippen molar-refractivity contribution >= 4 is 16.9 Å². The molecular weight excluding hydrogens is 284 g/mol. The lowest BCUT2D eigenvalue weighted by molar-refractivity contribution is 0.0925. The van der Waals surface area contributed by atoms with Gasteiger partial charge in [-0.1, -0.05) is 0 Å². The number of fused-ring (bicyclic) bond motifs is 1. The number of hydrogen-bond donors (Lipinski definition) is 1. The van der Waals surface area contributed by atoms with E-state index in [1.54, 1.807) is 18.2 Å². The first-order chi connectivity index (χ1) is 10.5. The second kappa shape index (κ2) is 7.09. The summed E-state index contributed by atoms with van der Waals surface area (Å²) in [5.41, 5.74) is 0.0904. The van der Waals surface area contributed by atoms with Crippen LogP contribution in [0.15, 0.2) is 33.5 Å². The van der Waals surface area contributed by atoms with Gasteiger partial charge >= 0.3 is 0 Å². The van der Waals surface area contributed by atoms with Crippen molar-refractivity contribution in [3.05, 3.63) is 40.2 Å². The Balaban J connectivity index is 2.17. The molecule has 118 valence electrons. The van der Waals surface area contributed by atoms with Crippen LogP contribution in [0.2, 0.25) is 0 Å². The molecule has 22 heavy (non-hydrogen) atoms. The highest BCUT2D eigenvalue weighted by Crippen LogP contribution is 2.19. The summed E-state index contributed by atoms with van der Waals surface area (Å²) in [5, 5.41) is 3.17. The number of ether oxygens (including phenoxy) is 1. The third kappa shape index (κ3) is 3.85. The van der Waals surface area contributed by atoms with Crippen LogP contribution in [0, 0.1) is 0 Å². The Labute approximate surface area is 128 Å². The second-order valence-electron chi connectivity index (χ2n) is 5.25. The van der Waals surface area contributed by atoms with E-state index in [9.17, 15) is 9.59 Å². The third-order valence-corrected chi connectivity index (χ3v) is 3.23. The topological polar surface area (TPSA) is 71.8 Å². The van der Waals surface area contributed by atoms with Crippen molar-refractivity contribution in [1.29, 1.82) is 0 Å². The summed E-state index contributed by atoms with van der Waals surface area (Å²) in [6, 6.07) is 6.12. The highest BCUT2D eigenvalue weighted by atomic mass is 16.5. The van der Waals surface area contributed by atoms with Gasteiger partial charge < -0.3 is 19.4 Å². The van der Waals surface area contributed by atoms with E-state index < -0.39 is 0 Å². The molecule has 0 bridgehead atoms. The molecule has 1 N–H and O–H groups in total. The predicted molar refractivity (Wildman–Crippen MR) is 84.5 cm³/mol. The van der Waals surface area contributed by atoms with Crippen LogP contribution in [0.4, 0.5) is 0 Å². The first-order valence-electron chi connectivity index (χ1n) is 7.06. The summed E-state index contributed by atoms with van der Waals surface area (Å²) in [6.45, 7) is 1.40. The van der Waals surface area contributed by atoms with Gasteiger partial charge in [0.15, 0.2) is 11.2 Å². The van der Waals surface area contributed by atoms with Crippen molar-refractivity contribution in [2.75, 3.05) is 34.3 Å². The second-order valence-corrected chi connectivity index (χ2v) is 5.25. The van der Waals surface area contributed by atoms with Crippen LogP contribution in [-0.2, 0) is 0 Å². The number of benzene rings is 1. The molecule has 0 aliphatic heterocycles. The fraction of sp³-hybridized carbons (Fsp3) is 0.375. The van der Waals surface area contributed by atoms with Gasteiger partial charge in [0.2, 0.25) is 0 Å². The Hall–Kier alpha value is -2.34. The number of hydrogen-bond acceptors (Lipinski definition) is 5. The number of nitrogens with zero attached hydrogens (tertiary/aromatic N) is 1. The van der Waals surface area contributed by atoms with Gasteiger partial charge in [0.25, 0.3) is 5.91 Å². The molecule has 2 rings (SSSR count). The van der Waals surface area contributed by atoms with Crippen LogP contribution >= 0.6 is 0 Å². The third-order valence-electron chi connectivity index (χ3n) is 3.23. The molecule has 0 fully saturated rings. The average Bonchev–Trinajstić information content (AvgIpc) is 2.50. The summed E-state index contributed by atoms with van der Waals surface area (Å²) < 4.78 is 10.6. The van der Waals surface area contributed by atoms with Gasteiger partial charge in [-0.05, 0) is 39.2 Å². The normalized spacial score (nSPS) is 10.9. The summed E-state index contributed by atoms with van der Waals surface area (Å²) >= 11 is 0. The van der Waals surface area contributed by atoms with E-state index in [1.165, 1.54) is 13.2 Å². The van der Waals surface area contributed by atoms with E-state index in [0.29, 0.717) is 23.3 Å². The number of methoxy groups -OCH3 is 1. The zero-order chi connectivity index (χ0) is 16.1. The molecule has 0 aliphatic rings. The molecule has 1 aromatic carbocycles. The summed E-state index contributed by atoms with van der Waals surface area (Å²) in [6.07, 6.45) is 0.824. The SMILES string of the molecule is COc1ccc2c(=O)cc(C(=O)NCCCN(C)C)oc2c1. The smallest absolute Gasteiger partial charge is 0.287 e. The van der Waals surface area contributed by atoms with Crippen molar-refractivity contribution < 1.29 is 13.9 Å². The van der Waals surface area contributed by atoms with Gasteiger partial charge in [-0.3, -0.25) is 9.59 Å². The number of carbonyl (C=O) groups is 1. The molecule has 6 heteroatoms. The minimum atomic E-state index is -0.388. The highest BCUT2D eigenvalue weighted by Gasteiger charge is 2.12. The molecule has 1 aromatic heterocycles. The van der Waals surface area contributed by atoms with E-state index in [-0.39, 0.29) is 17.1 Å². The van der Waals surface area contributed by atoms with Crippen LogP contribution < -0.4 is 15.5 Å². The Kier molecular flexibility index (Phi) is 5.16. The first kappa shape index (κ1) is 16.0. The Morgan fingerprint density at radius 1 is 1.32 bits per heavy atom. The van der Waals surface area contributed by atoms with Crippen LogP contribution in [0.1, 0.15) is 17.0 Å². The average molecular weight is 304 g/mol. The number of amides is 1. The van der Waals surface area contributed by atoms with Crippen molar-refractivity contribution in [3.8, 4) is 5.75 Å². The minimum Gasteiger partial charge on any atom is -0.497 e. The van der Waals surface area contributed by atoms with E-state index in [4.69, 9.17) is 9.15 Å². The van der Waals surface area contributed by atoms with E-state index in [1.807, 2.05) is 19.0 Å². The summed E-state index contributed by atoms with van der Waals surface area (Å²) in [4.78, 5) is 26.1. The van der Waals surface area contributed by atoms with Crippen molar-refractivity contribution in [2.24, 2.45) is 0 Å².